The summed E-state index contributed by atoms with van der Waals surface area (Å²) < 4.78 is 41.7. The van der Waals surface area contributed by atoms with E-state index in [2.05, 4.69) is 0 Å². The number of amides is 3. The first-order valence-corrected chi connectivity index (χ1v) is 15.1. The lowest BCUT2D eigenvalue weighted by Gasteiger charge is -2.31. The first kappa shape index (κ1) is 28.0. The van der Waals surface area contributed by atoms with Gasteiger partial charge in [0, 0.05) is 28.9 Å². The number of hydrogen-bond donors (Lipinski definition) is 0. The van der Waals surface area contributed by atoms with Gasteiger partial charge in [0.15, 0.2) is 0 Å². The lowest BCUT2D eigenvalue weighted by molar-refractivity contribution is -0.137. The van der Waals surface area contributed by atoms with Crippen molar-refractivity contribution in [1.82, 2.24) is 9.47 Å². The maximum atomic E-state index is 13.9. The van der Waals surface area contributed by atoms with Crippen LogP contribution < -0.4 is 9.77 Å². The number of imide groups is 1. The Labute approximate surface area is 245 Å². The van der Waals surface area contributed by atoms with Gasteiger partial charge in [-0.15, -0.1) is 0 Å². The van der Waals surface area contributed by atoms with E-state index in [1.54, 1.807) is 29.2 Å². The molecule has 6 rings (SSSR count). The molecular formula is C28H23ClF3N3O4S2. The van der Waals surface area contributed by atoms with Gasteiger partial charge in [-0.05, 0) is 55.2 Å². The van der Waals surface area contributed by atoms with E-state index in [4.69, 9.17) is 11.6 Å². The molecule has 0 saturated carbocycles. The highest BCUT2D eigenvalue weighted by Crippen LogP contribution is 2.54. The molecule has 214 valence electrons. The summed E-state index contributed by atoms with van der Waals surface area (Å²) in [7, 11) is 0. The van der Waals surface area contributed by atoms with Crippen molar-refractivity contribution in [3.63, 3.8) is 0 Å². The van der Waals surface area contributed by atoms with Gasteiger partial charge in [-0.25, -0.2) is 4.90 Å². The molecule has 41 heavy (non-hydrogen) atoms. The zero-order valence-corrected chi connectivity index (χ0v) is 23.8. The zero-order chi connectivity index (χ0) is 29.1. The normalized spacial score (nSPS) is 22.6. The fraction of sp³-hybridized carbons (Fsp3) is 0.357. The molecule has 3 amide bonds. The molecule has 3 atom stereocenters. The lowest BCUT2D eigenvalue weighted by Crippen LogP contribution is -2.39. The van der Waals surface area contributed by atoms with Crippen LogP contribution in [-0.2, 0) is 27.1 Å². The molecule has 0 N–H and O–H groups in total. The fourth-order valence-electron chi connectivity index (χ4n) is 5.74. The first-order valence-electron chi connectivity index (χ1n) is 13.0. The highest BCUT2D eigenvalue weighted by atomic mass is 35.5. The molecule has 7 nitrogen and oxygen atoms in total. The van der Waals surface area contributed by atoms with Gasteiger partial charge >= 0.3 is 11.0 Å². The largest absolute Gasteiger partial charge is 0.416 e. The summed E-state index contributed by atoms with van der Waals surface area (Å²) in [6, 6.07) is 10.8. The molecule has 0 spiro atoms. The zero-order valence-electron chi connectivity index (χ0n) is 21.4. The summed E-state index contributed by atoms with van der Waals surface area (Å²) in [6.45, 7) is 1.04. The number of carbonyl (C=O) groups excluding carboxylic acids is 3. The van der Waals surface area contributed by atoms with Crippen molar-refractivity contribution in [1.29, 1.82) is 0 Å². The van der Waals surface area contributed by atoms with Gasteiger partial charge in [-0.3, -0.25) is 23.7 Å². The van der Waals surface area contributed by atoms with Gasteiger partial charge in [0.2, 0.25) is 17.7 Å². The van der Waals surface area contributed by atoms with Crippen LogP contribution in [0.15, 0.2) is 58.4 Å². The summed E-state index contributed by atoms with van der Waals surface area (Å²) in [5.74, 6) is -3.21. The standard InChI is InChI=1S/C28H23ClF3N3O4S2/c29-17-9-7-15(8-10-17)20-21-22(25(38)35(24(21)37)18-6-4-5-16(13-18)28(30,31)32)40-26-23(20)41-27(39)34(26)14-19(36)33-11-2-1-3-12-33/h4-10,13,20-22H,1-3,11-12,14H2/t20-,21?,22?/m0/s1. The highest BCUT2D eigenvalue weighted by Gasteiger charge is 2.57. The van der Waals surface area contributed by atoms with Gasteiger partial charge in [0.1, 0.15) is 11.8 Å². The van der Waals surface area contributed by atoms with E-state index in [1.165, 1.54) is 10.6 Å². The fourth-order valence-corrected chi connectivity index (χ4v) is 8.64. The molecule has 4 heterocycles. The number of piperidine rings is 1. The molecule has 2 aromatic carbocycles. The Morgan fingerprint density at radius 3 is 2.37 bits per heavy atom. The van der Waals surface area contributed by atoms with Gasteiger partial charge in [-0.2, -0.15) is 13.2 Å². The van der Waals surface area contributed by atoms with Gasteiger partial charge < -0.3 is 4.90 Å². The van der Waals surface area contributed by atoms with Crippen LogP contribution in [0.25, 0.3) is 0 Å². The number of anilines is 1. The number of thiazole rings is 1. The van der Waals surface area contributed by atoms with Crippen molar-refractivity contribution in [3.8, 4) is 0 Å². The van der Waals surface area contributed by atoms with Crippen LogP contribution in [0.3, 0.4) is 0 Å². The summed E-state index contributed by atoms with van der Waals surface area (Å²) in [5, 5.41) is -0.123. The molecule has 2 fully saturated rings. The maximum Gasteiger partial charge on any atom is 0.416 e. The molecular weight excluding hydrogens is 599 g/mol. The quantitative estimate of drug-likeness (QED) is 0.365. The molecule has 0 bridgehead atoms. The van der Waals surface area contributed by atoms with E-state index in [9.17, 15) is 32.3 Å². The topological polar surface area (TPSA) is 79.7 Å². The Kier molecular flexibility index (Phi) is 7.27. The van der Waals surface area contributed by atoms with Crippen LogP contribution in [-0.4, -0.2) is 45.5 Å². The Bertz CT molecular complexity index is 1600. The molecule has 3 aliphatic heterocycles. The van der Waals surface area contributed by atoms with E-state index >= 15 is 0 Å². The predicted molar refractivity (Wildman–Crippen MR) is 149 cm³/mol. The van der Waals surface area contributed by atoms with Crippen LogP contribution in [0, 0.1) is 5.92 Å². The van der Waals surface area contributed by atoms with Crippen molar-refractivity contribution in [3.05, 3.63) is 79.2 Å². The van der Waals surface area contributed by atoms with E-state index in [0.29, 0.717) is 33.6 Å². The number of nitrogens with zero attached hydrogens (tertiary/aromatic N) is 3. The number of rotatable bonds is 4. The van der Waals surface area contributed by atoms with Gasteiger partial charge in [-0.1, -0.05) is 52.9 Å². The average Bonchev–Trinajstić information content (AvgIpc) is 3.39. The Morgan fingerprint density at radius 1 is 0.976 bits per heavy atom. The number of likely N-dealkylation sites (tertiary alicyclic amines) is 1. The Hall–Kier alpha value is -3.09. The molecule has 13 heteroatoms. The first-order chi connectivity index (χ1) is 19.5. The Balaban J connectivity index is 1.43. The van der Waals surface area contributed by atoms with Crippen molar-refractivity contribution in [2.45, 2.75) is 48.2 Å². The third kappa shape index (κ3) is 4.99. The van der Waals surface area contributed by atoms with E-state index in [-0.39, 0.29) is 23.0 Å². The van der Waals surface area contributed by atoms with Crippen molar-refractivity contribution < 1.29 is 27.6 Å². The number of hydrogen-bond acceptors (Lipinski definition) is 6. The minimum atomic E-state index is -4.66. The van der Waals surface area contributed by atoms with Gasteiger partial charge in [0.05, 0.1) is 22.2 Å². The Morgan fingerprint density at radius 2 is 1.68 bits per heavy atom. The second-order valence-electron chi connectivity index (χ2n) is 10.2. The van der Waals surface area contributed by atoms with Crippen molar-refractivity contribution >= 4 is 58.1 Å². The number of fused-ring (bicyclic) bond motifs is 2. The third-order valence-electron chi connectivity index (χ3n) is 7.71. The summed E-state index contributed by atoms with van der Waals surface area (Å²) in [4.78, 5) is 56.7. The number of alkyl halides is 3. The average molecular weight is 622 g/mol. The second-order valence-corrected chi connectivity index (χ2v) is 12.8. The smallest absolute Gasteiger partial charge is 0.341 e. The van der Waals surface area contributed by atoms with Crippen LogP contribution in [0.5, 0.6) is 0 Å². The molecule has 1 aromatic heterocycles. The minimum absolute atomic E-state index is 0.166. The second kappa shape index (κ2) is 10.6. The van der Waals surface area contributed by atoms with Crippen LogP contribution in [0.4, 0.5) is 18.9 Å². The summed E-state index contributed by atoms with van der Waals surface area (Å²) >= 11 is 8.06. The van der Waals surface area contributed by atoms with Crippen LogP contribution in [0.1, 0.15) is 41.2 Å². The van der Waals surface area contributed by atoms with Crippen molar-refractivity contribution in [2.75, 3.05) is 18.0 Å². The predicted octanol–water partition coefficient (Wildman–Crippen LogP) is 5.39. The number of halogens is 4. The lowest BCUT2D eigenvalue weighted by atomic mass is 9.83. The van der Waals surface area contributed by atoms with Gasteiger partial charge in [0.25, 0.3) is 0 Å². The molecule has 3 aliphatic rings. The molecule has 0 aliphatic carbocycles. The monoisotopic (exact) mass is 621 g/mol. The van der Waals surface area contributed by atoms with Crippen molar-refractivity contribution in [2.24, 2.45) is 5.92 Å². The van der Waals surface area contributed by atoms with Crippen LogP contribution in [0.2, 0.25) is 5.02 Å². The SMILES string of the molecule is O=C(Cn1c2c(sc1=O)[C@@H](c1ccc(Cl)cc1)C1C(=O)N(c3cccc(C(F)(F)F)c3)C(=O)C1S2)N1CCCCC1. The third-order valence-corrected chi connectivity index (χ3v) is 10.6. The van der Waals surface area contributed by atoms with Crippen LogP contribution >= 0.6 is 34.7 Å². The molecule has 2 unspecified atom stereocenters. The summed E-state index contributed by atoms with van der Waals surface area (Å²) in [5.41, 5.74) is -0.508. The van der Waals surface area contributed by atoms with E-state index in [1.807, 2.05) is 0 Å². The summed E-state index contributed by atoms with van der Waals surface area (Å²) in [6.07, 6.45) is -1.84. The molecule has 3 aromatic rings. The minimum Gasteiger partial charge on any atom is -0.341 e. The maximum absolute atomic E-state index is 13.9. The number of carbonyl (C=O) groups is 3. The number of aromatic nitrogens is 1. The number of thioether (sulfide) groups is 1. The number of benzene rings is 2. The molecule has 2 saturated heterocycles. The highest BCUT2D eigenvalue weighted by molar-refractivity contribution is 8.00. The van der Waals surface area contributed by atoms with E-state index in [0.717, 1.165) is 65.5 Å². The molecule has 0 radical (unpaired) electrons. The van der Waals surface area contributed by atoms with E-state index < -0.39 is 40.6 Å².